The molecule has 18 heavy (non-hydrogen) atoms. The maximum atomic E-state index is 13.8. The molecular formula is C14H12ClF2N. The van der Waals surface area contributed by atoms with E-state index >= 15 is 0 Å². The third-order valence-electron chi connectivity index (χ3n) is 2.80. The number of halogens is 3. The third-order valence-corrected chi connectivity index (χ3v) is 3.12. The minimum atomic E-state index is -0.404. The Hall–Kier alpha value is -1.45. The fourth-order valence-corrected chi connectivity index (χ4v) is 2.02. The van der Waals surface area contributed by atoms with Gasteiger partial charge in [0.05, 0.1) is 5.02 Å². The molecule has 4 heteroatoms. The largest absolute Gasteiger partial charge is 0.326 e. The van der Waals surface area contributed by atoms with E-state index in [1.165, 1.54) is 18.2 Å². The first-order chi connectivity index (χ1) is 8.52. The summed E-state index contributed by atoms with van der Waals surface area (Å²) in [5.41, 5.74) is 7.56. The summed E-state index contributed by atoms with van der Waals surface area (Å²) in [6.45, 7) is 1.92. The number of aryl methyl sites for hydroxylation is 1. The summed E-state index contributed by atoms with van der Waals surface area (Å²) in [7, 11) is 0. The molecule has 0 fully saturated rings. The van der Waals surface area contributed by atoms with Crippen LogP contribution in [0.15, 0.2) is 30.3 Å². The lowest BCUT2D eigenvalue weighted by Crippen LogP contribution is -1.98. The van der Waals surface area contributed by atoms with Gasteiger partial charge in [-0.3, -0.25) is 0 Å². The van der Waals surface area contributed by atoms with Crippen LogP contribution in [0.5, 0.6) is 0 Å². The van der Waals surface area contributed by atoms with E-state index in [0.29, 0.717) is 23.2 Å². The van der Waals surface area contributed by atoms with Crippen molar-refractivity contribution in [1.82, 2.24) is 0 Å². The summed E-state index contributed by atoms with van der Waals surface area (Å²) in [5, 5.41) is 0.186. The van der Waals surface area contributed by atoms with Crippen LogP contribution in [-0.2, 0) is 6.54 Å². The molecule has 2 rings (SSSR count). The normalized spacial score (nSPS) is 10.7. The molecule has 2 aromatic carbocycles. The average molecular weight is 268 g/mol. The van der Waals surface area contributed by atoms with Gasteiger partial charge in [0.2, 0.25) is 0 Å². The Morgan fingerprint density at radius 3 is 2.44 bits per heavy atom. The Morgan fingerprint density at radius 1 is 1.06 bits per heavy atom. The fraction of sp³-hybridized carbons (Fsp3) is 0.143. The zero-order chi connectivity index (χ0) is 13.3. The topological polar surface area (TPSA) is 26.0 Å². The summed E-state index contributed by atoms with van der Waals surface area (Å²) in [6, 6.07) is 7.32. The van der Waals surface area contributed by atoms with Crippen molar-refractivity contribution >= 4 is 11.6 Å². The summed E-state index contributed by atoms with van der Waals surface area (Å²) in [4.78, 5) is 0. The highest BCUT2D eigenvalue weighted by Gasteiger charge is 2.12. The first-order valence-electron chi connectivity index (χ1n) is 5.47. The van der Waals surface area contributed by atoms with Crippen molar-refractivity contribution < 1.29 is 8.78 Å². The van der Waals surface area contributed by atoms with E-state index < -0.39 is 11.6 Å². The van der Waals surface area contributed by atoms with Gasteiger partial charge in [0.25, 0.3) is 0 Å². The molecule has 0 aromatic heterocycles. The van der Waals surface area contributed by atoms with E-state index in [1.54, 1.807) is 19.1 Å². The van der Waals surface area contributed by atoms with Crippen molar-refractivity contribution in [3.63, 3.8) is 0 Å². The van der Waals surface area contributed by atoms with Gasteiger partial charge >= 0.3 is 0 Å². The first-order valence-corrected chi connectivity index (χ1v) is 5.85. The average Bonchev–Trinajstić information content (AvgIpc) is 2.35. The molecule has 2 N–H and O–H groups in total. The molecule has 0 saturated heterocycles. The molecule has 0 atom stereocenters. The van der Waals surface area contributed by atoms with Crippen molar-refractivity contribution in [2.45, 2.75) is 13.5 Å². The van der Waals surface area contributed by atoms with Gasteiger partial charge < -0.3 is 5.73 Å². The van der Waals surface area contributed by atoms with Crippen LogP contribution >= 0.6 is 11.6 Å². The molecule has 94 valence electrons. The van der Waals surface area contributed by atoms with E-state index in [4.69, 9.17) is 17.3 Å². The van der Waals surface area contributed by atoms with Crippen LogP contribution < -0.4 is 5.73 Å². The quantitative estimate of drug-likeness (QED) is 0.873. The number of nitrogens with two attached hydrogens (primary N) is 1. The maximum absolute atomic E-state index is 13.8. The van der Waals surface area contributed by atoms with Crippen LogP contribution in [0.3, 0.4) is 0 Å². The van der Waals surface area contributed by atoms with Crippen LogP contribution in [0.2, 0.25) is 5.02 Å². The van der Waals surface area contributed by atoms with Gasteiger partial charge in [0, 0.05) is 17.7 Å². The van der Waals surface area contributed by atoms with E-state index in [1.807, 2.05) is 0 Å². The van der Waals surface area contributed by atoms with Crippen LogP contribution in [0.25, 0.3) is 11.1 Å². The van der Waals surface area contributed by atoms with E-state index in [2.05, 4.69) is 0 Å². The molecular weight excluding hydrogens is 256 g/mol. The summed E-state index contributed by atoms with van der Waals surface area (Å²) < 4.78 is 27.1. The molecule has 0 heterocycles. The highest BCUT2D eigenvalue weighted by Crippen LogP contribution is 2.32. The molecule has 0 aliphatic carbocycles. The zero-order valence-corrected chi connectivity index (χ0v) is 10.6. The van der Waals surface area contributed by atoms with Gasteiger partial charge in [-0.05, 0) is 42.3 Å². The standard InChI is InChI=1S/C14H12ClF2N/c1-8-4-10(12(15)6-14(8)17)11-5-9(7-18)2-3-13(11)16/h2-6H,7,18H2,1H3. The molecule has 0 bridgehead atoms. The number of benzene rings is 2. The third kappa shape index (κ3) is 2.37. The smallest absolute Gasteiger partial charge is 0.131 e. The number of hydrogen-bond acceptors (Lipinski definition) is 1. The van der Waals surface area contributed by atoms with Gasteiger partial charge in [-0.1, -0.05) is 17.7 Å². The monoisotopic (exact) mass is 267 g/mol. The van der Waals surface area contributed by atoms with Gasteiger partial charge in [-0.25, -0.2) is 8.78 Å². The van der Waals surface area contributed by atoms with Crippen molar-refractivity contribution in [3.8, 4) is 11.1 Å². The second kappa shape index (κ2) is 5.04. The van der Waals surface area contributed by atoms with E-state index in [-0.39, 0.29) is 5.02 Å². The maximum Gasteiger partial charge on any atom is 0.131 e. The highest BCUT2D eigenvalue weighted by atomic mass is 35.5. The van der Waals surface area contributed by atoms with Gasteiger partial charge in [-0.15, -0.1) is 0 Å². The van der Waals surface area contributed by atoms with Crippen molar-refractivity contribution in [1.29, 1.82) is 0 Å². The van der Waals surface area contributed by atoms with Crippen LogP contribution in [0.1, 0.15) is 11.1 Å². The molecule has 0 amide bonds. The second-order valence-corrected chi connectivity index (χ2v) is 4.51. The van der Waals surface area contributed by atoms with Crippen LogP contribution in [0, 0.1) is 18.6 Å². The Morgan fingerprint density at radius 2 is 1.78 bits per heavy atom. The Bertz CT molecular complexity index is 597. The molecule has 0 aliphatic rings. The minimum absolute atomic E-state index is 0.186. The summed E-state index contributed by atoms with van der Waals surface area (Å²) in [6.07, 6.45) is 0. The molecule has 1 nitrogen and oxygen atoms in total. The highest BCUT2D eigenvalue weighted by molar-refractivity contribution is 6.33. The molecule has 0 aliphatic heterocycles. The molecule has 0 spiro atoms. The number of hydrogen-bond donors (Lipinski definition) is 1. The minimum Gasteiger partial charge on any atom is -0.326 e. The Labute approximate surface area is 109 Å². The lowest BCUT2D eigenvalue weighted by molar-refractivity contribution is 0.617. The molecule has 2 aromatic rings. The Balaban J connectivity index is 2.64. The Kier molecular flexibility index (Phi) is 3.64. The van der Waals surface area contributed by atoms with Crippen molar-refractivity contribution in [2.75, 3.05) is 0 Å². The molecule has 0 saturated carbocycles. The van der Waals surface area contributed by atoms with Crippen LogP contribution in [-0.4, -0.2) is 0 Å². The van der Waals surface area contributed by atoms with Crippen molar-refractivity contribution in [3.05, 3.63) is 58.1 Å². The van der Waals surface area contributed by atoms with Crippen molar-refractivity contribution in [2.24, 2.45) is 5.73 Å². The van der Waals surface area contributed by atoms with E-state index in [9.17, 15) is 8.78 Å². The lowest BCUT2D eigenvalue weighted by Gasteiger charge is -2.09. The van der Waals surface area contributed by atoms with Gasteiger partial charge in [0.1, 0.15) is 11.6 Å². The predicted molar refractivity (Wildman–Crippen MR) is 69.4 cm³/mol. The number of rotatable bonds is 2. The first kappa shape index (κ1) is 13.0. The molecule has 0 radical (unpaired) electrons. The van der Waals surface area contributed by atoms with Gasteiger partial charge in [-0.2, -0.15) is 0 Å². The second-order valence-electron chi connectivity index (χ2n) is 4.10. The van der Waals surface area contributed by atoms with Gasteiger partial charge in [0.15, 0.2) is 0 Å². The molecule has 0 unspecified atom stereocenters. The lowest BCUT2D eigenvalue weighted by atomic mass is 10.0. The summed E-state index contributed by atoms with van der Waals surface area (Å²) in [5.74, 6) is -0.806. The SMILES string of the molecule is Cc1cc(-c2cc(CN)ccc2F)c(Cl)cc1F. The van der Waals surface area contributed by atoms with Crippen LogP contribution in [0.4, 0.5) is 8.78 Å². The van der Waals surface area contributed by atoms with E-state index in [0.717, 1.165) is 5.56 Å². The predicted octanol–water partition coefficient (Wildman–Crippen LogP) is 4.05. The zero-order valence-electron chi connectivity index (χ0n) is 9.81. The fourth-order valence-electron chi connectivity index (χ4n) is 1.77. The summed E-state index contributed by atoms with van der Waals surface area (Å²) >= 11 is 5.97.